The van der Waals surface area contributed by atoms with Gasteiger partial charge in [-0.05, 0) is 69.2 Å². The van der Waals surface area contributed by atoms with Crippen molar-refractivity contribution in [2.24, 2.45) is 0 Å². The number of likely N-dealkylation sites (tertiary alicyclic amines) is 1. The van der Waals surface area contributed by atoms with Gasteiger partial charge in [-0.1, -0.05) is 6.07 Å². The number of carbonyl (C=O) groups is 1. The zero-order chi connectivity index (χ0) is 18.1. The van der Waals surface area contributed by atoms with Crippen LogP contribution in [0, 0.1) is 13.8 Å². The summed E-state index contributed by atoms with van der Waals surface area (Å²) in [5.74, 6) is 0.0677. The summed E-state index contributed by atoms with van der Waals surface area (Å²) in [6.07, 6.45) is 3.77. The molecule has 4 rings (SSSR count). The van der Waals surface area contributed by atoms with Crippen LogP contribution >= 0.6 is 0 Å². The molecule has 1 amide bonds. The van der Waals surface area contributed by atoms with Gasteiger partial charge in [-0.25, -0.2) is 4.68 Å². The largest absolute Gasteiger partial charge is 0.330 e. The van der Waals surface area contributed by atoms with Crippen LogP contribution in [-0.4, -0.2) is 32.1 Å². The van der Waals surface area contributed by atoms with Gasteiger partial charge in [0.15, 0.2) is 0 Å². The zero-order valence-corrected chi connectivity index (χ0v) is 15.1. The van der Waals surface area contributed by atoms with Gasteiger partial charge < -0.3 is 4.90 Å². The maximum Gasteiger partial charge on any atom is 0.254 e. The first-order valence-corrected chi connectivity index (χ1v) is 8.99. The Balaban J connectivity index is 1.57. The van der Waals surface area contributed by atoms with Crippen LogP contribution in [0.5, 0.6) is 0 Å². The third-order valence-electron chi connectivity index (χ3n) is 4.91. The van der Waals surface area contributed by atoms with Gasteiger partial charge in [-0.3, -0.25) is 9.78 Å². The summed E-state index contributed by atoms with van der Waals surface area (Å²) >= 11 is 0. The molecule has 0 saturated carbocycles. The molecule has 132 valence electrons. The van der Waals surface area contributed by atoms with E-state index < -0.39 is 0 Å². The molecule has 2 aromatic heterocycles. The standard InChI is InChI=1S/C21H22N4O/c1-15-14-16(2)25(23-15)18-10-8-17(9-11-18)21(26)24-13-5-7-20(24)19-6-3-4-12-22-19/h3-4,6,8-12,14,20H,5,7,13H2,1-2H3. The molecule has 1 fully saturated rings. The Morgan fingerprint density at radius 3 is 2.58 bits per heavy atom. The lowest BCUT2D eigenvalue weighted by Gasteiger charge is -2.24. The third-order valence-corrected chi connectivity index (χ3v) is 4.91. The van der Waals surface area contributed by atoms with Crippen LogP contribution in [0.2, 0.25) is 0 Å². The fourth-order valence-electron chi connectivity index (χ4n) is 3.69. The zero-order valence-electron chi connectivity index (χ0n) is 15.1. The highest BCUT2D eigenvalue weighted by atomic mass is 16.2. The second-order valence-electron chi connectivity index (χ2n) is 6.80. The average molecular weight is 346 g/mol. The number of amides is 1. The number of pyridine rings is 1. The van der Waals surface area contributed by atoms with E-state index in [1.807, 2.05) is 72.0 Å². The second-order valence-corrected chi connectivity index (χ2v) is 6.80. The first-order chi connectivity index (χ1) is 12.6. The van der Waals surface area contributed by atoms with Crippen LogP contribution in [0.15, 0.2) is 54.7 Å². The summed E-state index contributed by atoms with van der Waals surface area (Å²) in [5, 5.41) is 4.50. The van der Waals surface area contributed by atoms with Crippen LogP contribution < -0.4 is 0 Å². The second kappa shape index (κ2) is 6.75. The molecule has 5 nitrogen and oxygen atoms in total. The van der Waals surface area contributed by atoms with E-state index in [4.69, 9.17) is 0 Å². The first-order valence-electron chi connectivity index (χ1n) is 8.99. The van der Waals surface area contributed by atoms with E-state index in [9.17, 15) is 4.79 Å². The number of hydrogen-bond acceptors (Lipinski definition) is 3. The van der Waals surface area contributed by atoms with Crippen molar-refractivity contribution in [1.29, 1.82) is 0 Å². The fourth-order valence-corrected chi connectivity index (χ4v) is 3.69. The molecule has 0 bridgehead atoms. The summed E-state index contributed by atoms with van der Waals surface area (Å²) < 4.78 is 1.90. The van der Waals surface area contributed by atoms with Gasteiger partial charge in [-0.15, -0.1) is 0 Å². The minimum Gasteiger partial charge on any atom is -0.330 e. The number of rotatable bonds is 3. The smallest absolute Gasteiger partial charge is 0.254 e. The predicted molar refractivity (Wildman–Crippen MR) is 100 cm³/mol. The van der Waals surface area contributed by atoms with Gasteiger partial charge in [0, 0.05) is 24.0 Å². The summed E-state index contributed by atoms with van der Waals surface area (Å²) in [5.41, 5.74) is 4.71. The van der Waals surface area contributed by atoms with Gasteiger partial charge >= 0.3 is 0 Å². The van der Waals surface area contributed by atoms with Crippen molar-refractivity contribution in [2.45, 2.75) is 32.7 Å². The highest BCUT2D eigenvalue weighted by molar-refractivity contribution is 5.94. The molecule has 0 radical (unpaired) electrons. The monoisotopic (exact) mass is 346 g/mol. The Morgan fingerprint density at radius 1 is 1.12 bits per heavy atom. The first kappa shape index (κ1) is 16.5. The van der Waals surface area contributed by atoms with Gasteiger partial charge in [0.25, 0.3) is 5.91 Å². The Hall–Kier alpha value is -2.95. The summed E-state index contributed by atoms with van der Waals surface area (Å²) in [4.78, 5) is 19.4. The lowest BCUT2D eigenvalue weighted by atomic mass is 10.1. The van der Waals surface area contributed by atoms with Crippen molar-refractivity contribution in [3.63, 3.8) is 0 Å². The van der Waals surface area contributed by atoms with Gasteiger partial charge in [0.2, 0.25) is 0 Å². The number of aryl methyl sites for hydroxylation is 2. The minimum atomic E-state index is 0.0677. The Morgan fingerprint density at radius 2 is 1.92 bits per heavy atom. The van der Waals surface area contributed by atoms with Crippen molar-refractivity contribution < 1.29 is 4.79 Å². The lowest BCUT2D eigenvalue weighted by Crippen LogP contribution is -2.30. The highest BCUT2D eigenvalue weighted by Gasteiger charge is 2.31. The van der Waals surface area contributed by atoms with Crippen LogP contribution in [0.25, 0.3) is 5.69 Å². The molecular weight excluding hydrogens is 324 g/mol. The van der Waals surface area contributed by atoms with Crippen molar-refractivity contribution in [1.82, 2.24) is 19.7 Å². The van der Waals surface area contributed by atoms with Gasteiger partial charge in [-0.2, -0.15) is 5.10 Å². The van der Waals surface area contributed by atoms with Crippen molar-refractivity contribution >= 4 is 5.91 Å². The molecule has 1 atom stereocenters. The van der Waals surface area contributed by atoms with Gasteiger partial charge in [0.05, 0.1) is 23.1 Å². The molecule has 0 aliphatic carbocycles. The van der Waals surface area contributed by atoms with Crippen LogP contribution in [0.3, 0.4) is 0 Å². The molecule has 3 heterocycles. The van der Waals surface area contributed by atoms with Crippen molar-refractivity contribution in [3.05, 3.63) is 77.4 Å². The van der Waals surface area contributed by atoms with Gasteiger partial charge in [0.1, 0.15) is 0 Å². The Bertz CT molecular complexity index is 915. The molecule has 3 aromatic rings. The van der Waals surface area contributed by atoms with Crippen LogP contribution in [0.1, 0.15) is 46.3 Å². The van der Waals surface area contributed by atoms with Crippen molar-refractivity contribution in [3.8, 4) is 5.69 Å². The maximum atomic E-state index is 13.0. The number of nitrogens with zero attached hydrogens (tertiary/aromatic N) is 4. The van der Waals surface area contributed by atoms with Crippen LogP contribution in [-0.2, 0) is 0 Å². The number of hydrogen-bond donors (Lipinski definition) is 0. The van der Waals surface area contributed by atoms with Crippen molar-refractivity contribution in [2.75, 3.05) is 6.54 Å². The average Bonchev–Trinajstić information content (AvgIpc) is 3.28. The normalized spacial score (nSPS) is 16.8. The Kier molecular flexibility index (Phi) is 4.29. The number of aromatic nitrogens is 3. The van der Waals surface area contributed by atoms with E-state index in [1.54, 1.807) is 6.20 Å². The molecule has 1 aliphatic heterocycles. The minimum absolute atomic E-state index is 0.0677. The fraction of sp³-hybridized carbons (Fsp3) is 0.286. The molecule has 26 heavy (non-hydrogen) atoms. The third kappa shape index (κ3) is 3.01. The maximum absolute atomic E-state index is 13.0. The predicted octanol–water partition coefficient (Wildman–Crippen LogP) is 3.86. The van der Waals surface area contributed by atoms with E-state index in [1.165, 1.54) is 0 Å². The Labute approximate surface area is 153 Å². The van der Waals surface area contributed by atoms with Crippen LogP contribution in [0.4, 0.5) is 0 Å². The topological polar surface area (TPSA) is 51.0 Å². The molecule has 5 heteroatoms. The molecule has 0 spiro atoms. The summed E-state index contributed by atoms with van der Waals surface area (Å²) in [7, 11) is 0. The van der Waals surface area contributed by atoms with E-state index >= 15 is 0 Å². The quantitative estimate of drug-likeness (QED) is 0.723. The summed E-state index contributed by atoms with van der Waals surface area (Å²) in [6, 6.07) is 15.7. The van der Waals surface area contributed by atoms with E-state index in [2.05, 4.69) is 10.1 Å². The van der Waals surface area contributed by atoms with E-state index in [-0.39, 0.29) is 11.9 Å². The molecule has 1 unspecified atom stereocenters. The number of carbonyl (C=O) groups excluding carboxylic acids is 1. The molecule has 1 saturated heterocycles. The molecule has 0 N–H and O–H groups in total. The lowest BCUT2D eigenvalue weighted by molar-refractivity contribution is 0.0733. The van der Waals surface area contributed by atoms with E-state index in [0.29, 0.717) is 5.56 Å². The summed E-state index contributed by atoms with van der Waals surface area (Å²) in [6.45, 7) is 4.78. The molecular formula is C21H22N4O. The number of benzene rings is 1. The molecule has 1 aromatic carbocycles. The molecule has 1 aliphatic rings. The SMILES string of the molecule is Cc1cc(C)n(-c2ccc(C(=O)N3CCCC3c3ccccn3)cc2)n1. The van der Waals surface area contributed by atoms with E-state index in [0.717, 1.165) is 42.2 Å². The highest BCUT2D eigenvalue weighted by Crippen LogP contribution is 2.32.